The van der Waals surface area contributed by atoms with E-state index in [1.807, 2.05) is 6.07 Å². The molecule has 5 nitrogen and oxygen atoms in total. The molecular formula is C14H19NO4. The van der Waals surface area contributed by atoms with E-state index in [1.165, 1.54) is 0 Å². The molecule has 1 amide bonds. The van der Waals surface area contributed by atoms with Crippen molar-refractivity contribution in [2.75, 3.05) is 7.05 Å². The molecule has 1 heterocycles. The first-order valence-corrected chi connectivity index (χ1v) is 6.56. The zero-order valence-electron chi connectivity index (χ0n) is 11.0. The maximum atomic E-state index is 12.3. The average molecular weight is 265 g/mol. The van der Waals surface area contributed by atoms with E-state index in [1.54, 1.807) is 24.5 Å². The molecule has 1 aliphatic carbocycles. The van der Waals surface area contributed by atoms with Crippen LogP contribution in [0.2, 0.25) is 0 Å². The summed E-state index contributed by atoms with van der Waals surface area (Å²) in [5.74, 6) is -1.28. The van der Waals surface area contributed by atoms with Crippen LogP contribution in [-0.2, 0) is 16.1 Å². The molecule has 0 aliphatic heterocycles. The van der Waals surface area contributed by atoms with Crippen LogP contribution in [0.4, 0.5) is 0 Å². The van der Waals surface area contributed by atoms with Gasteiger partial charge in [-0.2, -0.15) is 0 Å². The molecule has 0 spiro atoms. The summed E-state index contributed by atoms with van der Waals surface area (Å²) in [6.07, 6.45) is 5.94. The Bertz CT molecular complexity index is 440. The number of carbonyl (C=O) groups is 2. The van der Waals surface area contributed by atoms with Crippen LogP contribution in [0.1, 0.15) is 31.2 Å². The van der Waals surface area contributed by atoms with Gasteiger partial charge >= 0.3 is 5.97 Å². The topological polar surface area (TPSA) is 70.8 Å². The van der Waals surface area contributed by atoms with Crippen molar-refractivity contribution in [2.24, 2.45) is 11.8 Å². The highest BCUT2D eigenvalue weighted by Crippen LogP contribution is 2.30. The summed E-state index contributed by atoms with van der Waals surface area (Å²) in [5.41, 5.74) is 0.946. The lowest BCUT2D eigenvalue weighted by atomic mass is 9.81. The molecule has 1 aromatic heterocycles. The van der Waals surface area contributed by atoms with Crippen molar-refractivity contribution >= 4 is 11.9 Å². The minimum absolute atomic E-state index is 0.0344. The Kier molecular flexibility index (Phi) is 4.24. The lowest BCUT2D eigenvalue weighted by Gasteiger charge is -2.29. The fourth-order valence-corrected chi connectivity index (χ4v) is 2.68. The van der Waals surface area contributed by atoms with Crippen LogP contribution in [0.25, 0.3) is 0 Å². The number of nitrogens with zero attached hydrogens (tertiary/aromatic N) is 1. The number of rotatable bonds is 4. The second-order valence-electron chi connectivity index (χ2n) is 5.22. The first-order valence-electron chi connectivity index (χ1n) is 6.56. The molecule has 2 atom stereocenters. The van der Waals surface area contributed by atoms with Crippen molar-refractivity contribution in [2.45, 2.75) is 32.2 Å². The Balaban J connectivity index is 1.93. The van der Waals surface area contributed by atoms with Gasteiger partial charge in [-0.1, -0.05) is 6.42 Å². The molecule has 0 radical (unpaired) electrons. The van der Waals surface area contributed by atoms with Gasteiger partial charge in [0.25, 0.3) is 0 Å². The van der Waals surface area contributed by atoms with Crippen molar-refractivity contribution in [1.82, 2.24) is 4.90 Å². The third-order valence-corrected chi connectivity index (χ3v) is 3.75. The highest BCUT2D eigenvalue weighted by atomic mass is 16.4. The lowest BCUT2D eigenvalue weighted by Crippen LogP contribution is -2.36. The maximum absolute atomic E-state index is 12.3. The molecule has 1 N–H and O–H groups in total. The highest BCUT2D eigenvalue weighted by Gasteiger charge is 2.32. The standard InChI is InChI=1S/C14H19NO4/c1-15(8-10-5-6-19-9-10)13(16)11-3-2-4-12(7-11)14(17)18/h5-6,9,11-12H,2-4,7-8H2,1H3,(H,17,18). The minimum Gasteiger partial charge on any atom is -0.481 e. The second kappa shape index (κ2) is 5.91. The lowest BCUT2D eigenvalue weighted by molar-refractivity contribution is -0.145. The molecule has 5 heteroatoms. The summed E-state index contributed by atoms with van der Waals surface area (Å²) in [4.78, 5) is 25.0. The number of carboxylic acids is 1. The van der Waals surface area contributed by atoms with Crippen LogP contribution >= 0.6 is 0 Å². The zero-order chi connectivity index (χ0) is 13.8. The van der Waals surface area contributed by atoms with Crippen molar-refractivity contribution in [3.05, 3.63) is 24.2 Å². The molecule has 1 aromatic rings. The van der Waals surface area contributed by atoms with Gasteiger partial charge in [-0.15, -0.1) is 0 Å². The predicted molar refractivity (Wildman–Crippen MR) is 68.3 cm³/mol. The fraction of sp³-hybridized carbons (Fsp3) is 0.571. The molecule has 1 aliphatic rings. The number of furan rings is 1. The van der Waals surface area contributed by atoms with Gasteiger partial charge in [-0.3, -0.25) is 9.59 Å². The van der Waals surface area contributed by atoms with Gasteiger partial charge in [0.1, 0.15) is 0 Å². The van der Waals surface area contributed by atoms with Crippen molar-refractivity contribution < 1.29 is 19.1 Å². The summed E-state index contributed by atoms with van der Waals surface area (Å²) in [7, 11) is 1.75. The quantitative estimate of drug-likeness (QED) is 0.905. The van der Waals surface area contributed by atoms with E-state index in [-0.39, 0.29) is 17.7 Å². The van der Waals surface area contributed by atoms with Crippen LogP contribution < -0.4 is 0 Å². The normalized spacial score (nSPS) is 23.0. The molecule has 104 valence electrons. The Morgan fingerprint density at radius 3 is 2.79 bits per heavy atom. The van der Waals surface area contributed by atoms with E-state index < -0.39 is 5.97 Å². The SMILES string of the molecule is CN(Cc1ccoc1)C(=O)C1CCCC(C(=O)O)C1. The van der Waals surface area contributed by atoms with Crippen LogP contribution in [0.15, 0.2) is 23.0 Å². The van der Waals surface area contributed by atoms with Crippen molar-refractivity contribution in [1.29, 1.82) is 0 Å². The van der Waals surface area contributed by atoms with E-state index in [0.29, 0.717) is 19.4 Å². The fourth-order valence-electron chi connectivity index (χ4n) is 2.68. The maximum Gasteiger partial charge on any atom is 0.306 e. The van der Waals surface area contributed by atoms with E-state index >= 15 is 0 Å². The number of carboxylic acid groups (broad SMARTS) is 1. The summed E-state index contributed by atoms with van der Waals surface area (Å²) >= 11 is 0. The molecule has 0 aromatic carbocycles. The van der Waals surface area contributed by atoms with Gasteiger partial charge in [-0.05, 0) is 25.3 Å². The second-order valence-corrected chi connectivity index (χ2v) is 5.22. The summed E-state index contributed by atoms with van der Waals surface area (Å²) < 4.78 is 4.97. The zero-order valence-corrected chi connectivity index (χ0v) is 11.0. The van der Waals surface area contributed by atoms with Crippen LogP contribution in [-0.4, -0.2) is 28.9 Å². The number of aliphatic carboxylic acids is 1. The predicted octanol–water partition coefficient (Wildman–Crippen LogP) is 2.13. The highest BCUT2D eigenvalue weighted by molar-refractivity contribution is 5.80. The van der Waals surface area contributed by atoms with Crippen LogP contribution in [0, 0.1) is 11.8 Å². The largest absolute Gasteiger partial charge is 0.481 e. The average Bonchev–Trinajstić information content (AvgIpc) is 2.90. The summed E-state index contributed by atoms with van der Waals surface area (Å²) in [6.45, 7) is 0.504. The number of amides is 1. The molecule has 2 unspecified atom stereocenters. The van der Waals surface area contributed by atoms with Crippen LogP contribution in [0.3, 0.4) is 0 Å². The van der Waals surface area contributed by atoms with Crippen molar-refractivity contribution in [3.8, 4) is 0 Å². The Morgan fingerprint density at radius 2 is 2.16 bits per heavy atom. The Labute approximate surface area is 112 Å². The van der Waals surface area contributed by atoms with Gasteiger partial charge in [-0.25, -0.2) is 0 Å². The molecule has 0 bridgehead atoms. The van der Waals surface area contributed by atoms with E-state index in [0.717, 1.165) is 18.4 Å². The molecule has 0 saturated heterocycles. The van der Waals surface area contributed by atoms with Gasteiger partial charge in [0.2, 0.25) is 5.91 Å². The van der Waals surface area contributed by atoms with E-state index in [9.17, 15) is 9.59 Å². The van der Waals surface area contributed by atoms with Gasteiger partial charge in [0.05, 0.1) is 18.4 Å². The molecule has 1 saturated carbocycles. The molecule has 2 rings (SSSR count). The van der Waals surface area contributed by atoms with Gasteiger partial charge in [0.15, 0.2) is 0 Å². The third-order valence-electron chi connectivity index (χ3n) is 3.75. The summed E-state index contributed by atoms with van der Waals surface area (Å²) in [6, 6.07) is 1.82. The first kappa shape index (κ1) is 13.6. The smallest absolute Gasteiger partial charge is 0.306 e. The number of hydrogen-bond acceptors (Lipinski definition) is 3. The van der Waals surface area contributed by atoms with Gasteiger partial charge in [0, 0.05) is 25.1 Å². The van der Waals surface area contributed by atoms with Gasteiger partial charge < -0.3 is 14.4 Å². The number of carbonyl (C=O) groups excluding carboxylic acids is 1. The van der Waals surface area contributed by atoms with Crippen molar-refractivity contribution in [3.63, 3.8) is 0 Å². The van der Waals surface area contributed by atoms with E-state index in [4.69, 9.17) is 9.52 Å². The Morgan fingerprint density at radius 1 is 1.42 bits per heavy atom. The van der Waals surface area contributed by atoms with Crippen LogP contribution in [0.5, 0.6) is 0 Å². The minimum atomic E-state index is -0.782. The Hall–Kier alpha value is -1.78. The first-order chi connectivity index (χ1) is 9.08. The van der Waals surface area contributed by atoms with E-state index in [2.05, 4.69) is 0 Å². The molecule has 1 fully saturated rings. The molecule has 19 heavy (non-hydrogen) atoms. The molecular weight excluding hydrogens is 246 g/mol. The third kappa shape index (κ3) is 3.36. The number of hydrogen-bond donors (Lipinski definition) is 1. The summed E-state index contributed by atoms with van der Waals surface area (Å²) in [5, 5.41) is 9.05. The monoisotopic (exact) mass is 265 g/mol.